The minimum atomic E-state index is 0.186. The molecule has 0 atom stereocenters. The first-order valence-electron chi connectivity index (χ1n) is 4.50. The van der Waals surface area contributed by atoms with Gasteiger partial charge in [0, 0.05) is 5.39 Å². The zero-order chi connectivity index (χ0) is 10.1. The van der Waals surface area contributed by atoms with Gasteiger partial charge in [-0.3, -0.25) is 0 Å². The fourth-order valence-electron chi connectivity index (χ4n) is 1.35. The quantitative estimate of drug-likeness (QED) is 0.809. The number of hydrogen-bond donors (Lipinski definition) is 0. The summed E-state index contributed by atoms with van der Waals surface area (Å²) in [6, 6.07) is 5.82. The summed E-state index contributed by atoms with van der Waals surface area (Å²) >= 11 is 3.44. The Hall–Kier alpha value is -0.960. The van der Waals surface area contributed by atoms with Gasteiger partial charge in [0.1, 0.15) is 11.3 Å². The van der Waals surface area contributed by atoms with Gasteiger partial charge in [-0.25, -0.2) is 0 Å². The van der Waals surface area contributed by atoms with Gasteiger partial charge in [0.05, 0.1) is 16.8 Å². The monoisotopic (exact) mass is 254 g/mol. The SMILES string of the molecule is CC(C)Oc1cc(Br)c2occc2c1. The first-order valence-corrected chi connectivity index (χ1v) is 5.29. The Bertz CT molecular complexity index is 445. The summed E-state index contributed by atoms with van der Waals surface area (Å²) in [7, 11) is 0. The van der Waals surface area contributed by atoms with Gasteiger partial charge in [0.15, 0.2) is 0 Å². The van der Waals surface area contributed by atoms with E-state index in [4.69, 9.17) is 9.15 Å². The molecule has 2 rings (SSSR count). The molecular weight excluding hydrogens is 244 g/mol. The zero-order valence-corrected chi connectivity index (χ0v) is 9.67. The van der Waals surface area contributed by atoms with Gasteiger partial charge >= 0.3 is 0 Å². The predicted molar refractivity (Wildman–Crippen MR) is 59.7 cm³/mol. The third-order valence-corrected chi connectivity index (χ3v) is 2.44. The van der Waals surface area contributed by atoms with Crippen molar-refractivity contribution in [1.29, 1.82) is 0 Å². The van der Waals surface area contributed by atoms with Crippen molar-refractivity contribution in [3.8, 4) is 5.75 Å². The Morgan fingerprint density at radius 1 is 1.36 bits per heavy atom. The molecule has 0 aliphatic carbocycles. The maximum Gasteiger partial charge on any atom is 0.148 e. The van der Waals surface area contributed by atoms with Crippen LogP contribution in [-0.2, 0) is 0 Å². The highest BCUT2D eigenvalue weighted by atomic mass is 79.9. The van der Waals surface area contributed by atoms with Crippen LogP contribution in [0, 0.1) is 0 Å². The largest absolute Gasteiger partial charge is 0.491 e. The van der Waals surface area contributed by atoms with E-state index < -0.39 is 0 Å². The van der Waals surface area contributed by atoms with Gasteiger partial charge in [0.2, 0.25) is 0 Å². The summed E-state index contributed by atoms with van der Waals surface area (Å²) in [5.41, 5.74) is 0.862. The highest BCUT2D eigenvalue weighted by Crippen LogP contribution is 2.30. The van der Waals surface area contributed by atoms with Crippen molar-refractivity contribution in [3.63, 3.8) is 0 Å². The lowest BCUT2D eigenvalue weighted by Crippen LogP contribution is -2.05. The molecule has 0 radical (unpaired) electrons. The Labute approximate surface area is 91.0 Å². The van der Waals surface area contributed by atoms with E-state index in [0.717, 1.165) is 21.2 Å². The van der Waals surface area contributed by atoms with E-state index in [2.05, 4.69) is 15.9 Å². The molecule has 74 valence electrons. The second-order valence-corrected chi connectivity index (χ2v) is 4.26. The van der Waals surface area contributed by atoms with E-state index in [9.17, 15) is 0 Å². The van der Waals surface area contributed by atoms with E-state index in [0.29, 0.717) is 0 Å². The molecule has 0 fully saturated rings. The molecule has 0 N–H and O–H groups in total. The Balaban J connectivity index is 2.47. The number of hydrogen-bond acceptors (Lipinski definition) is 2. The fourth-order valence-corrected chi connectivity index (χ4v) is 1.90. The van der Waals surface area contributed by atoms with Crippen LogP contribution in [0.2, 0.25) is 0 Å². The summed E-state index contributed by atoms with van der Waals surface area (Å²) < 4.78 is 11.8. The average Bonchev–Trinajstić information content (AvgIpc) is 2.50. The van der Waals surface area contributed by atoms with Crippen molar-refractivity contribution in [3.05, 3.63) is 28.9 Å². The summed E-state index contributed by atoms with van der Waals surface area (Å²) in [6.45, 7) is 4.01. The maximum absolute atomic E-state index is 5.60. The second-order valence-electron chi connectivity index (χ2n) is 3.41. The topological polar surface area (TPSA) is 22.4 Å². The molecule has 0 aliphatic rings. The molecule has 1 aromatic carbocycles. The Morgan fingerprint density at radius 2 is 2.14 bits per heavy atom. The van der Waals surface area contributed by atoms with Crippen LogP contribution in [0.25, 0.3) is 11.0 Å². The summed E-state index contributed by atoms with van der Waals surface area (Å²) in [5, 5.41) is 1.05. The van der Waals surface area contributed by atoms with Gasteiger partial charge in [-0.1, -0.05) is 0 Å². The molecule has 2 aromatic rings. The minimum absolute atomic E-state index is 0.186. The van der Waals surface area contributed by atoms with Crippen LogP contribution >= 0.6 is 15.9 Å². The van der Waals surface area contributed by atoms with Crippen molar-refractivity contribution >= 4 is 26.9 Å². The lowest BCUT2D eigenvalue weighted by atomic mass is 10.2. The molecule has 0 aliphatic heterocycles. The van der Waals surface area contributed by atoms with Gasteiger partial charge in [-0.2, -0.15) is 0 Å². The summed E-state index contributed by atoms with van der Waals surface area (Å²) in [6.07, 6.45) is 1.86. The summed E-state index contributed by atoms with van der Waals surface area (Å²) in [5.74, 6) is 0.862. The van der Waals surface area contributed by atoms with E-state index >= 15 is 0 Å². The van der Waals surface area contributed by atoms with Crippen molar-refractivity contribution in [2.75, 3.05) is 0 Å². The van der Waals surface area contributed by atoms with Crippen molar-refractivity contribution < 1.29 is 9.15 Å². The molecule has 0 saturated heterocycles. The molecular formula is C11H11BrO2. The molecule has 1 aromatic heterocycles. The molecule has 0 unspecified atom stereocenters. The Morgan fingerprint density at radius 3 is 2.86 bits per heavy atom. The Kier molecular flexibility index (Phi) is 2.50. The second kappa shape index (κ2) is 3.65. The number of benzene rings is 1. The van der Waals surface area contributed by atoms with E-state index in [1.54, 1.807) is 6.26 Å². The molecule has 0 bridgehead atoms. The standard InChI is InChI=1S/C11H11BrO2/c1-7(2)14-9-5-8-3-4-13-11(8)10(12)6-9/h3-7H,1-2H3. The number of ether oxygens (including phenoxy) is 1. The lowest BCUT2D eigenvalue weighted by Gasteiger charge is -2.09. The van der Waals surface area contributed by atoms with Crippen molar-refractivity contribution in [2.24, 2.45) is 0 Å². The molecule has 3 heteroatoms. The average molecular weight is 255 g/mol. The van der Waals surface area contributed by atoms with Crippen LogP contribution in [0.15, 0.2) is 33.4 Å². The van der Waals surface area contributed by atoms with Gasteiger partial charge < -0.3 is 9.15 Å². The third kappa shape index (κ3) is 1.77. The van der Waals surface area contributed by atoms with E-state index in [1.165, 1.54) is 0 Å². The highest BCUT2D eigenvalue weighted by molar-refractivity contribution is 9.10. The minimum Gasteiger partial charge on any atom is -0.491 e. The highest BCUT2D eigenvalue weighted by Gasteiger charge is 2.06. The van der Waals surface area contributed by atoms with Crippen LogP contribution in [0.5, 0.6) is 5.75 Å². The molecule has 2 nitrogen and oxygen atoms in total. The number of furan rings is 1. The van der Waals surface area contributed by atoms with Crippen LogP contribution in [0.1, 0.15) is 13.8 Å². The van der Waals surface area contributed by atoms with Crippen LogP contribution in [0.4, 0.5) is 0 Å². The first kappa shape index (κ1) is 9.59. The first-order chi connectivity index (χ1) is 6.66. The van der Waals surface area contributed by atoms with Gasteiger partial charge in [-0.15, -0.1) is 0 Å². The van der Waals surface area contributed by atoms with Crippen molar-refractivity contribution in [2.45, 2.75) is 20.0 Å². The van der Waals surface area contributed by atoms with Crippen molar-refractivity contribution in [1.82, 2.24) is 0 Å². The zero-order valence-electron chi connectivity index (χ0n) is 8.08. The predicted octanol–water partition coefficient (Wildman–Crippen LogP) is 3.98. The van der Waals surface area contributed by atoms with Crippen LogP contribution < -0.4 is 4.74 Å². The normalized spacial score (nSPS) is 11.1. The van der Waals surface area contributed by atoms with Crippen LogP contribution in [-0.4, -0.2) is 6.10 Å². The number of rotatable bonds is 2. The number of halogens is 1. The molecule has 1 heterocycles. The van der Waals surface area contributed by atoms with Gasteiger partial charge in [0.25, 0.3) is 0 Å². The van der Waals surface area contributed by atoms with Crippen LogP contribution in [0.3, 0.4) is 0 Å². The smallest absolute Gasteiger partial charge is 0.148 e. The van der Waals surface area contributed by atoms with E-state index in [-0.39, 0.29) is 6.10 Å². The molecule has 0 amide bonds. The molecule has 14 heavy (non-hydrogen) atoms. The summed E-state index contributed by atoms with van der Waals surface area (Å²) in [4.78, 5) is 0. The third-order valence-electron chi connectivity index (χ3n) is 1.85. The van der Waals surface area contributed by atoms with E-state index in [1.807, 2.05) is 32.0 Å². The molecule has 0 saturated carbocycles. The lowest BCUT2D eigenvalue weighted by molar-refractivity contribution is 0.242. The number of fused-ring (bicyclic) bond motifs is 1. The van der Waals surface area contributed by atoms with Gasteiger partial charge in [-0.05, 0) is 48.0 Å². The maximum atomic E-state index is 5.60. The fraction of sp³-hybridized carbons (Fsp3) is 0.273. The molecule has 0 spiro atoms.